The molecule has 0 aromatic rings. The van der Waals surface area contributed by atoms with Crippen LogP contribution in [-0.2, 0) is 61.9 Å². The quantitative estimate of drug-likeness (QED) is 0.188. The Morgan fingerprint density at radius 2 is 1.08 bits per heavy atom. The van der Waals surface area contributed by atoms with Crippen molar-refractivity contribution < 1.29 is 77.2 Å². The third-order valence-electron chi connectivity index (χ3n) is 5.44. The highest BCUT2D eigenvalue weighted by atomic mass is 16.8. The molecule has 0 aromatic carbocycles. The molecule has 216 valence electrons. The lowest BCUT2D eigenvalue weighted by Crippen LogP contribution is -2.65. The minimum absolute atomic E-state index is 0.774. The summed E-state index contributed by atoms with van der Waals surface area (Å²) in [5.74, 6) is -6.78. The average Bonchev–Trinajstić information content (AvgIpc) is 3.08. The Kier molecular flexibility index (Phi) is 10.9. The highest BCUT2D eigenvalue weighted by Gasteiger charge is 2.63. The van der Waals surface area contributed by atoms with E-state index in [2.05, 4.69) is 0 Å². The van der Waals surface area contributed by atoms with Crippen molar-refractivity contribution in [1.82, 2.24) is 0 Å². The Balaban J connectivity index is 2.58. The van der Waals surface area contributed by atoms with Gasteiger partial charge in [-0.3, -0.25) is 24.0 Å². The molecule has 2 heterocycles. The van der Waals surface area contributed by atoms with Crippen LogP contribution in [-0.4, -0.2) is 120 Å². The largest absolute Gasteiger partial charge is 0.456 e. The fourth-order valence-electron chi connectivity index (χ4n) is 4.19. The molecular weight excluding hydrogens is 520 g/mol. The van der Waals surface area contributed by atoms with Gasteiger partial charge < -0.3 is 53.2 Å². The molecule has 2 aliphatic heterocycles. The zero-order valence-electron chi connectivity index (χ0n) is 21.4. The lowest BCUT2D eigenvalue weighted by molar-refractivity contribution is -0.384. The Morgan fingerprint density at radius 3 is 1.53 bits per heavy atom. The van der Waals surface area contributed by atoms with Crippen LogP contribution in [0.15, 0.2) is 0 Å². The maximum atomic E-state index is 12.0. The highest BCUT2D eigenvalue weighted by Crippen LogP contribution is 2.40. The molecule has 0 radical (unpaired) electrons. The standard InChI is InChI=1S/C22H32O16/c1-9(26)31-16-14(6-23)36-21(19(34-12(4)29)18(16)33-11(3)28)38-22(8-25)20(35-13(5)30)17(32-10(2)27)15(7-24)37-22/h14-21,23-25H,6-8H2,1-5H3/t14?,15-,16-,17?,18?,19?,20?,21-,22+/m1/s1. The number of carbonyl (C=O) groups excluding carboxylic acids is 5. The Bertz CT molecular complexity index is 891. The van der Waals surface area contributed by atoms with E-state index in [9.17, 15) is 39.3 Å². The van der Waals surface area contributed by atoms with Gasteiger partial charge in [0.15, 0.2) is 30.5 Å². The summed E-state index contributed by atoms with van der Waals surface area (Å²) in [6.45, 7) is 2.48. The number of ether oxygens (including phenoxy) is 8. The van der Waals surface area contributed by atoms with Crippen molar-refractivity contribution in [2.24, 2.45) is 0 Å². The number of rotatable bonds is 10. The van der Waals surface area contributed by atoms with Gasteiger partial charge in [-0.15, -0.1) is 0 Å². The van der Waals surface area contributed by atoms with Crippen LogP contribution in [0.1, 0.15) is 34.6 Å². The van der Waals surface area contributed by atoms with Crippen LogP contribution in [0.3, 0.4) is 0 Å². The van der Waals surface area contributed by atoms with Gasteiger partial charge in [0, 0.05) is 34.6 Å². The minimum atomic E-state index is -2.39. The van der Waals surface area contributed by atoms with Crippen molar-refractivity contribution in [3.05, 3.63) is 0 Å². The second-order valence-corrected chi connectivity index (χ2v) is 8.48. The van der Waals surface area contributed by atoms with Crippen molar-refractivity contribution in [1.29, 1.82) is 0 Å². The fourth-order valence-corrected chi connectivity index (χ4v) is 4.19. The number of carbonyl (C=O) groups is 5. The molecule has 0 spiro atoms. The number of aliphatic hydroxyl groups is 3. The summed E-state index contributed by atoms with van der Waals surface area (Å²) in [6, 6.07) is 0. The maximum absolute atomic E-state index is 12.0. The monoisotopic (exact) mass is 552 g/mol. The molecule has 0 bridgehead atoms. The maximum Gasteiger partial charge on any atom is 0.303 e. The predicted molar refractivity (Wildman–Crippen MR) is 116 cm³/mol. The van der Waals surface area contributed by atoms with E-state index in [1.165, 1.54) is 0 Å². The molecule has 16 nitrogen and oxygen atoms in total. The average molecular weight is 552 g/mol. The number of esters is 5. The molecule has 38 heavy (non-hydrogen) atoms. The summed E-state index contributed by atoms with van der Waals surface area (Å²) in [5.41, 5.74) is 0. The Morgan fingerprint density at radius 1 is 0.632 bits per heavy atom. The molecule has 0 aromatic heterocycles. The van der Waals surface area contributed by atoms with Crippen molar-refractivity contribution in [2.45, 2.75) is 89.4 Å². The first-order chi connectivity index (χ1) is 17.8. The Hall–Kier alpha value is -2.89. The molecule has 9 atom stereocenters. The van der Waals surface area contributed by atoms with Crippen LogP contribution in [0.25, 0.3) is 0 Å². The summed E-state index contributed by atoms with van der Waals surface area (Å²) in [4.78, 5) is 59.2. The van der Waals surface area contributed by atoms with E-state index in [1.54, 1.807) is 0 Å². The van der Waals surface area contributed by atoms with E-state index in [0.717, 1.165) is 34.6 Å². The highest BCUT2D eigenvalue weighted by molar-refractivity contribution is 5.69. The predicted octanol–water partition coefficient (Wildman–Crippen LogP) is -2.54. The van der Waals surface area contributed by atoms with Crippen molar-refractivity contribution in [2.75, 3.05) is 19.8 Å². The topological polar surface area (TPSA) is 220 Å². The first kappa shape index (κ1) is 31.3. The van der Waals surface area contributed by atoms with Gasteiger partial charge in [-0.2, -0.15) is 0 Å². The van der Waals surface area contributed by atoms with Gasteiger partial charge in [-0.05, 0) is 0 Å². The van der Waals surface area contributed by atoms with Gasteiger partial charge in [0.05, 0.1) is 13.2 Å². The summed E-state index contributed by atoms with van der Waals surface area (Å²) in [6.07, 6.45) is -12.5. The number of hydrogen-bond acceptors (Lipinski definition) is 16. The van der Waals surface area contributed by atoms with Gasteiger partial charge in [-0.25, -0.2) is 0 Å². The van der Waals surface area contributed by atoms with E-state index in [4.69, 9.17) is 37.9 Å². The summed E-state index contributed by atoms with van der Waals surface area (Å²) >= 11 is 0. The zero-order chi connectivity index (χ0) is 28.8. The molecule has 3 N–H and O–H groups in total. The van der Waals surface area contributed by atoms with Crippen LogP contribution >= 0.6 is 0 Å². The van der Waals surface area contributed by atoms with Gasteiger partial charge in [0.25, 0.3) is 0 Å². The molecule has 0 amide bonds. The molecule has 2 aliphatic rings. The van der Waals surface area contributed by atoms with Crippen LogP contribution < -0.4 is 0 Å². The molecule has 0 aliphatic carbocycles. The lowest BCUT2D eigenvalue weighted by atomic mass is 9.97. The number of aliphatic hydroxyl groups excluding tert-OH is 3. The summed E-state index contributed by atoms with van der Waals surface area (Å²) in [7, 11) is 0. The van der Waals surface area contributed by atoms with Gasteiger partial charge >= 0.3 is 29.8 Å². The second-order valence-electron chi connectivity index (χ2n) is 8.48. The van der Waals surface area contributed by atoms with Crippen LogP contribution in [0, 0.1) is 0 Å². The van der Waals surface area contributed by atoms with Crippen molar-refractivity contribution in [3.8, 4) is 0 Å². The molecule has 2 rings (SSSR count). The molecule has 5 unspecified atom stereocenters. The van der Waals surface area contributed by atoms with E-state index < -0.39 is 104 Å². The normalized spacial score (nSPS) is 34.6. The van der Waals surface area contributed by atoms with Gasteiger partial charge in [0.2, 0.25) is 12.1 Å². The van der Waals surface area contributed by atoms with Crippen LogP contribution in [0.4, 0.5) is 0 Å². The van der Waals surface area contributed by atoms with E-state index in [-0.39, 0.29) is 0 Å². The summed E-state index contributed by atoms with van der Waals surface area (Å²) in [5, 5.41) is 30.1. The van der Waals surface area contributed by atoms with Crippen molar-refractivity contribution in [3.63, 3.8) is 0 Å². The molecule has 2 saturated heterocycles. The second kappa shape index (κ2) is 13.3. The molecular formula is C22H32O16. The lowest BCUT2D eigenvalue weighted by Gasteiger charge is -2.46. The van der Waals surface area contributed by atoms with E-state index in [1.807, 2.05) is 0 Å². The molecule has 2 fully saturated rings. The van der Waals surface area contributed by atoms with E-state index in [0.29, 0.717) is 0 Å². The third-order valence-corrected chi connectivity index (χ3v) is 5.44. The minimum Gasteiger partial charge on any atom is -0.456 e. The number of hydrogen-bond donors (Lipinski definition) is 3. The fraction of sp³-hybridized carbons (Fsp3) is 0.773. The van der Waals surface area contributed by atoms with Crippen LogP contribution in [0.5, 0.6) is 0 Å². The van der Waals surface area contributed by atoms with Crippen LogP contribution in [0.2, 0.25) is 0 Å². The SMILES string of the molecule is CC(=O)OC1C(OC(C)=O)[C@H](OC(C)=O)C(CO)O[C@@H]1O[C@]1(CO)O[C@H](CO)C(OC(C)=O)C1OC(C)=O. The molecule has 16 heteroatoms. The third kappa shape index (κ3) is 7.36. The first-order valence-corrected chi connectivity index (χ1v) is 11.5. The van der Waals surface area contributed by atoms with Gasteiger partial charge in [-0.1, -0.05) is 0 Å². The Labute approximate surface area is 216 Å². The molecule has 0 saturated carbocycles. The summed E-state index contributed by atoms with van der Waals surface area (Å²) < 4.78 is 43.3. The van der Waals surface area contributed by atoms with E-state index >= 15 is 0 Å². The first-order valence-electron chi connectivity index (χ1n) is 11.5. The smallest absolute Gasteiger partial charge is 0.303 e. The van der Waals surface area contributed by atoms with Crippen molar-refractivity contribution >= 4 is 29.8 Å². The zero-order valence-corrected chi connectivity index (χ0v) is 21.4. The van der Waals surface area contributed by atoms with Gasteiger partial charge in [0.1, 0.15) is 18.8 Å².